The number of aliphatic hydroxyl groups excluding tert-OH is 1. The van der Waals surface area contributed by atoms with Gasteiger partial charge in [-0.3, -0.25) is 0 Å². The predicted octanol–water partition coefficient (Wildman–Crippen LogP) is 1.82. The van der Waals surface area contributed by atoms with E-state index in [0.717, 1.165) is 17.8 Å². The Morgan fingerprint density at radius 3 is 2.56 bits per heavy atom. The lowest BCUT2D eigenvalue weighted by Gasteiger charge is -2.10. The van der Waals surface area contributed by atoms with Gasteiger partial charge in [0.2, 0.25) is 0 Å². The largest absolute Gasteiger partial charge is 0.382 e. The molecule has 1 aromatic carbocycles. The molecule has 1 aromatic heterocycles. The lowest BCUT2D eigenvalue weighted by Crippen LogP contribution is -2.05. The van der Waals surface area contributed by atoms with Crippen LogP contribution in [0.25, 0.3) is 0 Å². The van der Waals surface area contributed by atoms with Crippen molar-refractivity contribution in [1.29, 1.82) is 0 Å². The summed E-state index contributed by atoms with van der Waals surface area (Å²) in [5.74, 6) is 0. The Hall–Kier alpha value is -1.58. The molecule has 1 heterocycles. The van der Waals surface area contributed by atoms with Crippen LogP contribution in [0.5, 0.6) is 0 Å². The minimum Gasteiger partial charge on any atom is -0.382 e. The van der Waals surface area contributed by atoms with Crippen molar-refractivity contribution in [3.8, 4) is 0 Å². The summed E-state index contributed by atoms with van der Waals surface area (Å²) >= 11 is 0. The van der Waals surface area contributed by atoms with Crippen LogP contribution in [-0.2, 0) is 6.54 Å². The zero-order valence-electron chi connectivity index (χ0n) is 9.27. The summed E-state index contributed by atoms with van der Waals surface area (Å²) in [6.07, 6.45) is 1.24. The standard InChI is InChI=1S/C13H16N2O/c1-14-9-10-4-6-11(7-5-10)13(16)12-3-2-8-15-12/h2-8,13-16H,9H2,1H3. The first-order valence-corrected chi connectivity index (χ1v) is 5.36. The lowest BCUT2D eigenvalue weighted by atomic mass is 10.0. The van der Waals surface area contributed by atoms with E-state index in [-0.39, 0.29) is 0 Å². The maximum Gasteiger partial charge on any atom is 0.119 e. The van der Waals surface area contributed by atoms with Crippen LogP contribution in [0.4, 0.5) is 0 Å². The van der Waals surface area contributed by atoms with Crippen molar-refractivity contribution in [1.82, 2.24) is 10.3 Å². The Bertz CT molecular complexity index is 420. The molecular formula is C13H16N2O. The maximum atomic E-state index is 10.1. The Morgan fingerprint density at radius 2 is 2.00 bits per heavy atom. The van der Waals surface area contributed by atoms with E-state index in [1.54, 1.807) is 0 Å². The number of aromatic nitrogens is 1. The highest BCUT2D eigenvalue weighted by atomic mass is 16.3. The van der Waals surface area contributed by atoms with Crippen LogP contribution in [0.1, 0.15) is 22.9 Å². The number of hydrogen-bond donors (Lipinski definition) is 3. The van der Waals surface area contributed by atoms with Gasteiger partial charge in [-0.05, 0) is 30.3 Å². The lowest BCUT2D eigenvalue weighted by molar-refractivity contribution is 0.216. The molecule has 0 saturated heterocycles. The average molecular weight is 216 g/mol. The molecule has 0 bridgehead atoms. The van der Waals surface area contributed by atoms with Gasteiger partial charge in [0.15, 0.2) is 0 Å². The second-order valence-corrected chi connectivity index (χ2v) is 3.80. The fourth-order valence-electron chi connectivity index (χ4n) is 1.72. The summed E-state index contributed by atoms with van der Waals surface area (Å²) in [5, 5.41) is 13.1. The number of benzene rings is 1. The molecule has 0 aliphatic heterocycles. The van der Waals surface area contributed by atoms with E-state index in [9.17, 15) is 5.11 Å². The zero-order chi connectivity index (χ0) is 11.4. The van der Waals surface area contributed by atoms with E-state index >= 15 is 0 Å². The van der Waals surface area contributed by atoms with Crippen LogP contribution in [-0.4, -0.2) is 17.1 Å². The topological polar surface area (TPSA) is 48.0 Å². The molecule has 2 aromatic rings. The molecule has 0 radical (unpaired) electrons. The summed E-state index contributed by atoms with van der Waals surface area (Å²) in [7, 11) is 1.92. The first kappa shape index (κ1) is 10.9. The maximum absolute atomic E-state index is 10.1. The molecule has 84 valence electrons. The van der Waals surface area contributed by atoms with Crippen LogP contribution >= 0.6 is 0 Å². The zero-order valence-corrected chi connectivity index (χ0v) is 9.27. The number of aromatic amines is 1. The molecular weight excluding hydrogens is 200 g/mol. The second kappa shape index (κ2) is 4.96. The smallest absolute Gasteiger partial charge is 0.119 e. The Kier molecular flexibility index (Phi) is 3.39. The van der Waals surface area contributed by atoms with Crippen molar-refractivity contribution < 1.29 is 5.11 Å². The molecule has 2 rings (SSSR count). The summed E-state index contributed by atoms with van der Waals surface area (Å²) in [6.45, 7) is 0.846. The highest BCUT2D eigenvalue weighted by molar-refractivity contribution is 5.29. The van der Waals surface area contributed by atoms with Crippen molar-refractivity contribution in [2.24, 2.45) is 0 Å². The van der Waals surface area contributed by atoms with Gasteiger partial charge in [0.25, 0.3) is 0 Å². The average Bonchev–Trinajstić information content (AvgIpc) is 2.83. The minimum absolute atomic E-state index is 0.571. The normalized spacial score (nSPS) is 12.6. The monoisotopic (exact) mass is 216 g/mol. The predicted molar refractivity (Wildman–Crippen MR) is 64.1 cm³/mol. The van der Waals surface area contributed by atoms with E-state index in [0.29, 0.717) is 0 Å². The highest BCUT2D eigenvalue weighted by Gasteiger charge is 2.10. The summed E-state index contributed by atoms with van der Waals surface area (Å²) in [6, 6.07) is 11.7. The van der Waals surface area contributed by atoms with Gasteiger partial charge in [-0.2, -0.15) is 0 Å². The van der Waals surface area contributed by atoms with E-state index in [4.69, 9.17) is 0 Å². The molecule has 0 spiro atoms. The SMILES string of the molecule is CNCc1ccc(C(O)c2ccc[nH]2)cc1. The molecule has 1 atom stereocenters. The van der Waals surface area contributed by atoms with Crippen molar-refractivity contribution >= 4 is 0 Å². The third kappa shape index (κ3) is 2.32. The molecule has 16 heavy (non-hydrogen) atoms. The first-order valence-electron chi connectivity index (χ1n) is 5.36. The van der Waals surface area contributed by atoms with Gasteiger partial charge in [0, 0.05) is 18.4 Å². The fraction of sp³-hybridized carbons (Fsp3) is 0.231. The van der Waals surface area contributed by atoms with Crippen LogP contribution in [0, 0.1) is 0 Å². The molecule has 0 aliphatic carbocycles. The van der Waals surface area contributed by atoms with Gasteiger partial charge in [-0.1, -0.05) is 24.3 Å². The molecule has 3 heteroatoms. The van der Waals surface area contributed by atoms with Gasteiger partial charge in [-0.25, -0.2) is 0 Å². The van der Waals surface area contributed by atoms with Gasteiger partial charge < -0.3 is 15.4 Å². The number of H-pyrrole nitrogens is 1. The molecule has 3 nitrogen and oxygen atoms in total. The quantitative estimate of drug-likeness (QED) is 0.730. The Balaban J connectivity index is 2.15. The number of nitrogens with one attached hydrogen (secondary N) is 2. The summed E-state index contributed by atoms with van der Waals surface area (Å²) in [5.41, 5.74) is 2.94. The fourth-order valence-corrected chi connectivity index (χ4v) is 1.72. The molecule has 0 saturated carbocycles. The first-order chi connectivity index (χ1) is 7.81. The highest BCUT2D eigenvalue weighted by Crippen LogP contribution is 2.20. The van der Waals surface area contributed by atoms with Crippen molar-refractivity contribution in [3.63, 3.8) is 0 Å². The van der Waals surface area contributed by atoms with E-state index < -0.39 is 6.10 Å². The van der Waals surface area contributed by atoms with Gasteiger partial charge >= 0.3 is 0 Å². The Labute approximate surface area is 95.1 Å². The van der Waals surface area contributed by atoms with Crippen LogP contribution in [0.3, 0.4) is 0 Å². The second-order valence-electron chi connectivity index (χ2n) is 3.80. The van der Waals surface area contributed by atoms with Crippen molar-refractivity contribution in [3.05, 3.63) is 59.4 Å². The molecule has 0 fully saturated rings. The Morgan fingerprint density at radius 1 is 1.25 bits per heavy atom. The van der Waals surface area contributed by atoms with Crippen molar-refractivity contribution in [2.75, 3.05) is 7.05 Å². The van der Waals surface area contributed by atoms with Crippen LogP contribution in [0.2, 0.25) is 0 Å². The van der Waals surface area contributed by atoms with Crippen molar-refractivity contribution in [2.45, 2.75) is 12.6 Å². The van der Waals surface area contributed by atoms with E-state index in [2.05, 4.69) is 10.3 Å². The van der Waals surface area contributed by atoms with Gasteiger partial charge in [0.1, 0.15) is 6.10 Å². The molecule has 0 aliphatic rings. The molecule has 0 amide bonds. The molecule has 1 unspecified atom stereocenters. The van der Waals surface area contributed by atoms with E-state index in [1.807, 2.05) is 49.6 Å². The van der Waals surface area contributed by atoms with Crippen LogP contribution in [0.15, 0.2) is 42.6 Å². The third-order valence-corrected chi connectivity index (χ3v) is 2.59. The number of aliphatic hydroxyl groups is 1. The number of hydrogen-bond acceptors (Lipinski definition) is 2. The van der Waals surface area contributed by atoms with Gasteiger partial charge in [-0.15, -0.1) is 0 Å². The third-order valence-electron chi connectivity index (χ3n) is 2.59. The molecule has 3 N–H and O–H groups in total. The van der Waals surface area contributed by atoms with E-state index in [1.165, 1.54) is 5.56 Å². The summed E-state index contributed by atoms with van der Waals surface area (Å²) < 4.78 is 0. The minimum atomic E-state index is -0.571. The number of rotatable bonds is 4. The van der Waals surface area contributed by atoms with Crippen LogP contribution < -0.4 is 5.32 Å². The van der Waals surface area contributed by atoms with Gasteiger partial charge in [0.05, 0.1) is 0 Å². The summed E-state index contributed by atoms with van der Waals surface area (Å²) in [4.78, 5) is 3.01.